The van der Waals surface area contributed by atoms with E-state index < -0.39 is 0 Å². The summed E-state index contributed by atoms with van der Waals surface area (Å²) in [4.78, 5) is 9.56. The molecule has 2 atom stereocenters. The quantitative estimate of drug-likeness (QED) is 0.901. The monoisotopic (exact) mass is 261 g/mol. The lowest BCUT2D eigenvalue weighted by molar-refractivity contribution is 0.133. The van der Waals surface area contributed by atoms with Crippen LogP contribution in [0, 0.1) is 0 Å². The minimum atomic E-state index is 0.307. The van der Waals surface area contributed by atoms with Crippen molar-refractivity contribution < 1.29 is 4.74 Å². The van der Waals surface area contributed by atoms with E-state index in [9.17, 15) is 0 Å². The van der Waals surface area contributed by atoms with Crippen LogP contribution in [-0.4, -0.2) is 28.2 Å². The predicted octanol–water partition coefficient (Wildman–Crippen LogP) is 2.35. The standard InChI is InChI=1S/C13H15N3OS/c1-2-9-6-10(5-8(1)16-9)17-12-11-3-4-18-13(11)15-7-14-12/h3-4,7-10,16H,1-2,5-6H2. The van der Waals surface area contributed by atoms with Gasteiger partial charge in [0.1, 0.15) is 17.3 Å². The first-order valence-corrected chi connectivity index (χ1v) is 7.37. The van der Waals surface area contributed by atoms with Crippen LogP contribution in [0.2, 0.25) is 0 Å². The maximum Gasteiger partial charge on any atom is 0.225 e. The third-order valence-electron chi connectivity index (χ3n) is 3.93. The van der Waals surface area contributed by atoms with Crippen molar-refractivity contribution in [1.29, 1.82) is 0 Å². The Kier molecular flexibility index (Phi) is 2.48. The Hall–Kier alpha value is -1.20. The molecule has 2 aromatic rings. The molecule has 5 heteroatoms. The van der Waals surface area contributed by atoms with Crippen LogP contribution in [0.4, 0.5) is 0 Å². The second-order valence-corrected chi connectivity index (χ2v) is 6.06. The zero-order valence-electron chi connectivity index (χ0n) is 10.0. The lowest BCUT2D eigenvalue weighted by atomic mass is 10.0. The van der Waals surface area contributed by atoms with Gasteiger partial charge in [-0.2, -0.15) is 0 Å². The van der Waals surface area contributed by atoms with Gasteiger partial charge in [0.2, 0.25) is 5.88 Å². The molecule has 2 saturated heterocycles. The topological polar surface area (TPSA) is 47.0 Å². The Morgan fingerprint density at radius 1 is 1.22 bits per heavy atom. The molecule has 18 heavy (non-hydrogen) atoms. The average Bonchev–Trinajstić information content (AvgIpc) is 2.97. The minimum Gasteiger partial charge on any atom is -0.474 e. The molecule has 4 nitrogen and oxygen atoms in total. The third-order valence-corrected chi connectivity index (χ3v) is 4.75. The molecule has 2 aliphatic rings. The number of ether oxygens (including phenoxy) is 1. The van der Waals surface area contributed by atoms with E-state index in [1.165, 1.54) is 12.8 Å². The highest BCUT2D eigenvalue weighted by Gasteiger charge is 2.34. The number of nitrogens with one attached hydrogen (secondary N) is 1. The Bertz CT molecular complexity index is 558. The molecule has 2 aliphatic heterocycles. The van der Waals surface area contributed by atoms with Crippen LogP contribution in [0.1, 0.15) is 25.7 Å². The fourth-order valence-electron chi connectivity index (χ4n) is 3.12. The van der Waals surface area contributed by atoms with Crippen molar-refractivity contribution in [3.05, 3.63) is 17.8 Å². The lowest BCUT2D eigenvalue weighted by Gasteiger charge is -2.29. The Morgan fingerprint density at radius 2 is 2.06 bits per heavy atom. The molecule has 94 valence electrons. The number of rotatable bonds is 2. The molecule has 2 aromatic heterocycles. The molecule has 0 aromatic carbocycles. The van der Waals surface area contributed by atoms with Crippen LogP contribution in [0.15, 0.2) is 17.8 Å². The number of aromatic nitrogens is 2. The van der Waals surface area contributed by atoms with E-state index in [0.717, 1.165) is 28.9 Å². The molecule has 0 saturated carbocycles. The molecule has 1 N–H and O–H groups in total. The number of fused-ring (bicyclic) bond motifs is 3. The summed E-state index contributed by atoms with van der Waals surface area (Å²) in [6.45, 7) is 0. The summed E-state index contributed by atoms with van der Waals surface area (Å²) >= 11 is 1.63. The average molecular weight is 261 g/mol. The van der Waals surface area contributed by atoms with E-state index >= 15 is 0 Å². The molecule has 0 radical (unpaired) electrons. The Labute approximate surface area is 109 Å². The van der Waals surface area contributed by atoms with E-state index in [1.807, 2.05) is 11.4 Å². The van der Waals surface area contributed by atoms with Crippen molar-refractivity contribution in [2.75, 3.05) is 0 Å². The first-order chi connectivity index (χ1) is 8.88. The first-order valence-electron chi connectivity index (χ1n) is 6.49. The van der Waals surface area contributed by atoms with E-state index in [4.69, 9.17) is 4.74 Å². The lowest BCUT2D eigenvalue weighted by Crippen LogP contribution is -2.42. The summed E-state index contributed by atoms with van der Waals surface area (Å²) < 4.78 is 6.12. The maximum absolute atomic E-state index is 6.12. The summed E-state index contributed by atoms with van der Waals surface area (Å²) in [6, 6.07) is 3.34. The molecule has 2 unspecified atom stereocenters. The van der Waals surface area contributed by atoms with Crippen molar-refractivity contribution >= 4 is 21.6 Å². The van der Waals surface area contributed by atoms with Crippen LogP contribution in [0.25, 0.3) is 10.2 Å². The highest BCUT2D eigenvalue weighted by Crippen LogP contribution is 2.32. The zero-order chi connectivity index (χ0) is 11.9. The number of piperidine rings is 1. The van der Waals surface area contributed by atoms with Crippen molar-refractivity contribution in [3.8, 4) is 5.88 Å². The molecular weight excluding hydrogens is 246 g/mol. The van der Waals surface area contributed by atoms with E-state index in [-0.39, 0.29) is 0 Å². The van der Waals surface area contributed by atoms with Crippen molar-refractivity contribution in [1.82, 2.24) is 15.3 Å². The second kappa shape index (κ2) is 4.17. The van der Waals surface area contributed by atoms with Crippen LogP contribution in [-0.2, 0) is 0 Å². The molecule has 0 aliphatic carbocycles. The normalized spacial score (nSPS) is 30.8. The highest BCUT2D eigenvalue weighted by molar-refractivity contribution is 7.16. The number of hydrogen-bond acceptors (Lipinski definition) is 5. The third kappa shape index (κ3) is 1.78. The van der Waals surface area contributed by atoms with E-state index in [0.29, 0.717) is 18.2 Å². The molecule has 4 rings (SSSR count). The van der Waals surface area contributed by atoms with Crippen LogP contribution in [0.3, 0.4) is 0 Å². The number of thiophene rings is 1. The summed E-state index contributed by atoms with van der Waals surface area (Å²) in [5.41, 5.74) is 0. The van der Waals surface area contributed by atoms with E-state index in [1.54, 1.807) is 17.7 Å². The first kappa shape index (κ1) is 10.7. The Balaban J connectivity index is 1.59. The van der Waals surface area contributed by atoms with Gasteiger partial charge in [-0.05, 0) is 37.1 Å². The fraction of sp³-hybridized carbons (Fsp3) is 0.538. The van der Waals surface area contributed by atoms with Gasteiger partial charge in [0.15, 0.2) is 0 Å². The van der Waals surface area contributed by atoms with Crippen LogP contribution in [0.5, 0.6) is 5.88 Å². The molecule has 0 amide bonds. The van der Waals surface area contributed by atoms with Crippen molar-refractivity contribution in [2.45, 2.75) is 43.9 Å². The fourth-order valence-corrected chi connectivity index (χ4v) is 3.84. The highest BCUT2D eigenvalue weighted by atomic mass is 32.1. The summed E-state index contributed by atoms with van der Waals surface area (Å²) in [6.07, 6.45) is 6.70. The minimum absolute atomic E-state index is 0.307. The number of hydrogen-bond donors (Lipinski definition) is 1. The van der Waals surface area contributed by atoms with Gasteiger partial charge in [-0.1, -0.05) is 0 Å². The molecular formula is C13H15N3OS. The predicted molar refractivity (Wildman–Crippen MR) is 71.0 cm³/mol. The molecule has 4 heterocycles. The molecule has 2 bridgehead atoms. The second-order valence-electron chi connectivity index (χ2n) is 5.17. The van der Waals surface area contributed by atoms with Gasteiger partial charge in [-0.3, -0.25) is 0 Å². The summed E-state index contributed by atoms with van der Waals surface area (Å²) in [7, 11) is 0. The molecule has 0 spiro atoms. The SMILES string of the molecule is c1nc(OC2CC3CCC(C2)N3)c2ccsc2n1. The summed E-state index contributed by atoms with van der Waals surface area (Å²) in [5.74, 6) is 0.757. The maximum atomic E-state index is 6.12. The zero-order valence-corrected chi connectivity index (χ0v) is 10.8. The smallest absolute Gasteiger partial charge is 0.225 e. The van der Waals surface area contributed by atoms with Gasteiger partial charge in [-0.25, -0.2) is 9.97 Å². The van der Waals surface area contributed by atoms with Gasteiger partial charge in [0, 0.05) is 12.1 Å². The van der Waals surface area contributed by atoms with Gasteiger partial charge >= 0.3 is 0 Å². The van der Waals surface area contributed by atoms with Crippen LogP contribution >= 0.6 is 11.3 Å². The van der Waals surface area contributed by atoms with Crippen molar-refractivity contribution in [2.24, 2.45) is 0 Å². The van der Waals surface area contributed by atoms with Gasteiger partial charge in [0.05, 0.1) is 5.39 Å². The Morgan fingerprint density at radius 3 is 2.89 bits per heavy atom. The largest absolute Gasteiger partial charge is 0.474 e. The van der Waals surface area contributed by atoms with Gasteiger partial charge in [0.25, 0.3) is 0 Å². The van der Waals surface area contributed by atoms with Crippen molar-refractivity contribution in [3.63, 3.8) is 0 Å². The van der Waals surface area contributed by atoms with Crippen LogP contribution < -0.4 is 10.1 Å². The van der Waals surface area contributed by atoms with Gasteiger partial charge in [-0.15, -0.1) is 11.3 Å². The summed E-state index contributed by atoms with van der Waals surface area (Å²) in [5, 5.41) is 6.72. The van der Waals surface area contributed by atoms with Gasteiger partial charge < -0.3 is 10.1 Å². The molecule has 2 fully saturated rings. The number of nitrogens with zero attached hydrogens (tertiary/aromatic N) is 2. The van der Waals surface area contributed by atoms with E-state index in [2.05, 4.69) is 15.3 Å².